The lowest BCUT2D eigenvalue weighted by Gasteiger charge is -2.35. The summed E-state index contributed by atoms with van der Waals surface area (Å²) in [6, 6.07) is 8.74. The lowest BCUT2D eigenvalue weighted by molar-refractivity contribution is -0.118. The van der Waals surface area contributed by atoms with Gasteiger partial charge in [-0.3, -0.25) is 9.69 Å². The van der Waals surface area contributed by atoms with Crippen molar-refractivity contribution in [1.82, 2.24) is 30.4 Å². The topological polar surface area (TPSA) is 85.2 Å². The van der Waals surface area contributed by atoms with Gasteiger partial charge in [0.15, 0.2) is 0 Å². The van der Waals surface area contributed by atoms with Crippen molar-refractivity contribution in [2.24, 2.45) is 0 Å². The molecule has 1 atom stereocenters. The summed E-state index contributed by atoms with van der Waals surface area (Å²) in [7, 11) is 1.68. The second kappa shape index (κ2) is 11.7. The molecule has 0 bridgehead atoms. The normalized spacial score (nSPS) is 18.9. The Morgan fingerprint density at radius 3 is 2.56 bits per heavy atom. The molecule has 4 rings (SSSR count). The number of carbonyl (C=O) groups is 1. The van der Waals surface area contributed by atoms with Crippen molar-refractivity contribution in [3.8, 4) is 5.75 Å². The highest BCUT2D eigenvalue weighted by Gasteiger charge is 2.24. The fourth-order valence-corrected chi connectivity index (χ4v) is 5.52. The molecule has 9 heteroatoms. The molecule has 1 aliphatic heterocycles. The van der Waals surface area contributed by atoms with Crippen molar-refractivity contribution in [3.05, 3.63) is 29.8 Å². The summed E-state index contributed by atoms with van der Waals surface area (Å²) in [6.45, 7) is 2.73. The first-order chi connectivity index (χ1) is 15.7. The molecule has 1 aromatic carbocycles. The fraction of sp³-hybridized carbons (Fsp3) is 0.652. The van der Waals surface area contributed by atoms with E-state index in [2.05, 4.69) is 37.9 Å². The molecule has 2 fully saturated rings. The zero-order chi connectivity index (χ0) is 22.2. The third-order valence-electron chi connectivity index (χ3n) is 6.54. The Balaban J connectivity index is 1.33. The van der Waals surface area contributed by atoms with Gasteiger partial charge in [0.05, 0.1) is 24.9 Å². The van der Waals surface area contributed by atoms with Crippen molar-refractivity contribution >= 4 is 17.7 Å². The third-order valence-corrected chi connectivity index (χ3v) is 7.47. The molecule has 1 aliphatic carbocycles. The number of amides is 1. The lowest BCUT2D eigenvalue weighted by Crippen LogP contribution is -2.41. The zero-order valence-corrected chi connectivity index (χ0v) is 19.7. The number of aromatic nitrogens is 4. The van der Waals surface area contributed by atoms with Gasteiger partial charge in [-0.05, 0) is 66.9 Å². The van der Waals surface area contributed by atoms with Crippen molar-refractivity contribution < 1.29 is 9.53 Å². The molecule has 2 aromatic rings. The molecule has 1 amide bonds. The van der Waals surface area contributed by atoms with Crippen LogP contribution in [0.1, 0.15) is 69.0 Å². The quantitative estimate of drug-likeness (QED) is 0.575. The number of methoxy groups -OCH3 is 1. The van der Waals surface area contributed by atoms with E-state index in [0.29, 0.717) is 18.3 Å². The van der Waals surface area contributed by atoms with Gasteiger partial charge in [0.1, 0.15) is 5.75 Å². The number of benzene rings is 1. The second-order valence-electron chi connectivity index (χ2n) is 8.68. The fourth-order valence-electron chi connectivity index (χ4n) is 4.74. The number of hydrogen-bond donors (Lipinski definition) is 1. The van der Waals surface area contributed by atoms with Crippen molar-refractivity contribution in [1.29, 1.82) is 0 Å². The van der Waals surface area contributed by atoms with Crippen LogP contribution in [0.2, 0.25) is 0 Å². The first-order valence-corrected chi connectivity index (χ1v) is 12.8. The minimum Gasteiger partial charge on any atom is -0.497 e. The number of thioether (sulfide) groups is 1. The number of hydrogen-bond acceptors (Lipinski definition) is 7. The maximum Gasteiger partial charge on any atom is 0.230 e. The van der Waals surface area contributed by atoms with Crippen LogP contribution < -0.4 is 10.1 Å². The predicted molar refractivity (Wildman–Crippen MR) is 125 cm³/mol. The molecule has 1 aromatic heterocycles. The molecule has 8 nitrogen and oxygen atoms in total. The standard InChI is InChI=1S/C23H34N6O2S/c1-31-20-12-10-18(11-13-20)21(28-14-6-3-7-15-28)16-24-22(30)17-32-23-25-26-27-29(23)19-8-4-2-5-9-19/h10-13,19,21H,2-9,14-17H2,1H3,(H,24,30)/t21-/m0/s1. The van der Waals surface area contributed by atoms with Gasteiger partial charge in [-0.15, -0.1) is 5.10 Å². The summed E-state index contributed by atoms with van der Waals surface area (Å²) in [5.41, 5.74) is 1.21. The molecule has 0 radical (unpaired) electrons. The Kier molecular flexibility index (Phi) is 8.39. The van der Waals surface area contributed by atoms with E-state index >= 15 is 0 Å². The van der Waals surface area contributed by atoms with E-state index in [1.165, 1.54) is 55.9 Å². The molecule has 1 saturated heterocycles. The number of carbonyl (C=O) groups excluding carboxylic acids is 1. The number of nitrogens with one attached hydrogen (secondary N) is 1. The average Bonchev–Trinajstić information content (AvgIpc) is 3.33. The Hall–Kier alpha value is -2.13. The Morgan fingerprint density at radius 2 is 1.84 bits per heavy atom. The predicted octanol–water partition coefficient (Wildman–Crippen LogP) is 3.62. The van der Waals surface area contributed by atoms with E-state index < -0.39 is 0 Å². The van der Waals surface area contributed by atoms with Crippen LogP contribution in [0.3, 0.4) is 0 Å². The maximum absolute atomic E-state index is 12.7. The number of piperidine rings is 1. The lowest BCUT2D eigenvalue weighted by atomic mass is 9.96. The first-order valence-electron chi connectivity index (χ1n) is 11.8. The maximum atomic E-state index is 12.7. The summed E-state index contributed by atoms with van der Waals surface area (Å²) in [4.78, 5) is 15.2. The highest BCUT2D eigenvalue weighted by Crippen LogP contribution is 2.30. The van der Waals surface area contributed by atoms with Gasteiger partial charge >= 0.3 is 0 Å². The monoisotopic (exact) mass is 458 g/mol. The van der Waals surface area contributed by atoms with E-state index in [4.69, 9.17) is 4.74 Å². The van der Waals surface area contributed by atoms with Gasteiger partial charge in [-0.25, -0.2) is 4.68 Å². The number of nitrogens with zero attached hydrogens (tertiary/aromatic N) is 5. The SMILES string of the molecule is COc1ccc([C@H](CNC(=O)CSc2nnnn2C2CCCCC2)N2CCCCC2)cc1. The smallest absolute Gasteiger partial charge is 0.230 e. The number of likely N-dealkylation sites (tertiary alicyclic amines) is 1. The third kappa shape index (κ3) is 6.01. The van der Waals surface area contributed by atoms with E-state index in [-0.39, 0.29) is 11.9 Å². The Labute approximate surface area is 194 Å². The van der Waals surface area contributed by atoms with Gasteiger partial charge in [-0.2, -0.15) is 0 Å². The van der Waals surface area contributed by atoms with Crippen LogP contribution >= 0.6 is 11.8 Å². The van der Waals surface area contributed by atoms with Gasteiger partial charge in [0.25, 0.3) is 0 Å². The molecule has 1 saturated carbocycles. The minimum absolute atomic E-state index is 0.0173. The van der Waals surface area contributed by atoms with Crippen molar-refractivity contribution in [2.75, 3.05) is 32.5 Å². The highest BCUT2D eigenvalue weighted by molar-refractivity contribution is 7.99. The minimum atomic E-state index is 0.0173. The summed E-state index contributed by atoms with van der Waals surface area (Å²) in [5, 5.41) is 16.1. The summed E-state index contributed by atoms with van der Waals surface area (Å²) in [5.74, 6) is 1.19. The molecule has 0 unspecified atom stereocenters. The molecular formula is C23H34N6O2S. The average molecular weight is 459 g/mol. The summed E-state index contributed by atoms with van der Waals surface area (Å²) >= 11 is 1.43. The highest BCUT2D eigenvalue weighted by atomic mass is 32.2. The van der Waals surface area contributed by atoms with E-state index in [9.17, 15) is 4.79 Å². The Bertz CT molecular complexity index is 846. The van der Waals surface area contributed by atoms with Crippen LogP contribution in [0.5, 0.6) is 5.75 Å². The van der Waals surface area contributed by atoms with Crippen LogP contribution in [0, 0.1) is 0 Å². The Morgan fingerprint density at radius 1 is 1.12 bits per heavy atom. The molecular weight excluding hydrogens is 424 g/mol. The largest absolute Gasteiger partial charge is 0.497 e. The van der Waals surface area contributed by atoms with Crippen molar-refractivity contribution in [3.63, 3.8) is 0 Å². The van der Waals surface area contributed by atoms with Crippen LogP contribution in [0.25, 0.3) is 0 Å². The second-order valence-corrected chi connectivity index (χ2v) is 9.62. The van der Waals surface area contributed by atoms with Crippen LogP contribution in [0.15, 0.2) is 29.4 Å². The molecule has 2 heterocycles. The zero-order valence-electron chi connectivity index (χ0n) is 18.9. The van der Waals surface area contributed by atoms with Crippen LogP contribution in [-0.4, -0.2) is 63.5 Å². The molecule has 1 N–H and O–H groups in total. The number of tetrazole rings is 1. The van der Waals surface area contributed by atoms with Gasteiger partial charge in [0.2, 0.25) is 11.1 Å². The number of ether oxygens (including phenoxy) is 1. The van der Waals surface area contributed by atoms with Gasteiger partial charge in [0, 0.05) is 6.54 Å². The van der Waals surface area contributed by atoms with Gasteiger partial charge in [-0.1, -0.05) is 49.6 Å². The van der Waals surface area contributed by atoms with Crippen molar-refractivity contribution in [2.45, 2.75) is 68.6 Å². The van der Waals surface area contributed by atoms with E-state index in [1.54, 1.807) is 7.11 Å². The van der Waals surface area contributed by atoms with E-state index in [0.717, 1.165) is 36.8 Å². The summed E-state index contributed by atoms with van der Waals surface area (Å²) < 4.78 is 7.23. The van der Waals surface area contributed by atoms with Crippen LogP contribution in [-0.2, 0) is 4.79 Å². The molecule has 174 valence electrons. The molecule has 32 heavy (non-hydrogen) atoms. The van der Waals surface area contributed by atoms with Crippen LogP contribution in [0.4, 0.5) is 0 Å². The van der Waals surface area contributed by atoms with E-state index in [1.807, 2.05) is 16.8 Å². The first kappa shape index (κ1) is 23.0. The molecule has 0 spiro atoms. The van der Waals surface area contributed by atoms with Gasteiger partial charge < -0.3 is 10.1 Å². The molecule has 2 aliphatic rings. The summed E-state index contributed by atoms with van der Waals surface area (Å²) in [6.07, 6.45) is 9.66. The number of rotatable bonds is 9.